The summed E-state index contributed by atoms with van der Waals surface area (Å²) in [6.07, 6.45) is 6.97. The van der Waals surface area contributed by atoms with Gasteiger partial charge >= 0.3 is 5.97 Å². The second-order valence-corrected chi connectivity index (χ2v) is 7.80. The van der Waals surface area contributed by atoms with Crippen LogP contribution >= 0.6 is 0 Å². The third-order valence-corrected chi connectivity index (χ3v) is 5.80. The molecule has 176 valence electrons. The van der Waals surface area contributed by atoms with Crippen LogP contribution < -0.4 is 0 Å². The van der Waals surface area contributed by atoms with Gasteiger partial charge in [0.1, 0.15) is 5.69 Å². The molecule has 1 aliphatic heterocycles. The summed E-state index contributed by atoms with van der Waals surface area (Å²) < 4.78 is 5.21. The molecule has 0 saturated heterocycles. The number of imide groups is 1. The van der Waals surface area contributed by atoms with Crippen molar-refractivity contribution in [1.29, 1.82) is 0 Å². The number of aromatic nitrogens is 5. The number of nitrogens with zero attached hydrogens (tertiary/aromatic N) is 3. The SMILES string of the molecule is CCOC(=O)c1[nH]c2ccc3[nH]cnc3c2c1CCN1C(=O)c2ccccc2C1=O.c1c[nH]cn1. The Morgan fingerprint density at radius 1 is 1.03 bits per heavy atom. The number of aromatic amines is 3. The number of amides is 2. The molecule has 0 atom stereocenters. The summed E-state index contributed by atoms with van der Waals surface area (Å²) in [5.74, 6) is -1.12. The van der Waals surface area contributed by atoms with Crippen LogP contribution in [0, 0.1) is 0 Å². The Hall–Kier alpha value is -4.73. The molecule has 0 spiro atoms. The van der Waals surface area contributed by atoms with Crippen molar-refractivity contribution in [2.24, 2.45) is 0 Å². The van der Waals surface area contributed by atoms with Gasteiger partial charge in [0.15, 0.2) is 0 Å². The lowest BCUT2D eigenvalue weighted by atomic mass is 10.1. The largest absolute Gasteiger partial charge is 0.461 e. The zero-order valence-electron chi connectivity index (χ0n) is 18.9. The molecular weight excluding hydrogens is 448 g/mol. The predicted octanol–water partition coefficient (Wildman–Crippen LogP) is 3.47. The normalized spacial score (nSPS) is 12.7. The fourth-order valence-electron chi connectivity index (χ4n) is 4.26. The average molecular weight is 470 g/mol. The Morgan fingerprint density at radius 3 is 2.40 bits per heavy atom. The number of hydrogen-bond donors (Lipinski definition) is 3. The summed E-state index contributed by atoms with van der Waals surface area (Å²) in [6, 6.07) is 10.5. The molecule has 2 amide bonds. The van der Waals surface area contributed by atoms with E-state index in [0.29, 0.717) is 28.8 Å². The third kappa shape index (κ3) is 3.95. The highest BCUT2D eigenvalue weighted by molar-refractivity contribution is 6.21. The van der Waals surface area contributed by atoms with Crippen molar-refractivity contribution in [1.82, 2.24) is 29.8 Å². The number of esters is 1. The van der Waals surface area contributed by atoms with Crippen LogP contribution in [0.4, 0.5) is 0 Å². The molecule has 3 N–H and O–H groups in total. The number of imidazole rings is 2. The Labute approximate surface area is 199 Å². The minimum atomic E-state index is -0.477. The van der Waals surface area contributed by atoms with Crippen LogP contribution in [0.15, 0.2) is 61.4 Å². The Kier molecular flexibility index (Phi) is 5.84. The zero-order valence-corrected chi connectivity index (χ0v) is 18.9. The van der Waals surface area contributed by atoms with Crippen molar-refractivity contribution in [2.75, 3.05) is 13.2 Å². The van der Waals surface area contributed by atoms with E-state index < -0.39 is 5.97 Å². The van der Waals surface area contributed by atoms with E-state index in [1.807, 2.05) is 12.1 Å². The highest BCUT2D eigenvalue weighted by Crippen LogP contribution is 2.31. The van der Waals surface area contributed by atoms with Crippen LogP contribution in [0.3, 0.4) is 0 Å². The Balaban J connectivity index is 0.000000453. The predicted molar refractivity (Wildman–Crippen MR) is 128 cm³/mol. The first-order valence-corrected chi connectivity index (χ1v) is 11.1. The van der Waals surface area contributed by atoms with Crippen molar-refractivity contribution >= 4 is 39.7 Å². The quantitative estimate of drug-likeness (QED) is 0.266. The number of hydrogen-bond acceptors (Lipinski definition) is 6. The third-order valence-electron chi connectivity index (χ3n) is 5.80. The molecule has 0 radical (unpaired) electrons. The van der Waals surface area contributed by atoms with Gasteiger partial charge in [-0.2, -0.15) is 0 Å². The van der Waals surface area contributed by atoms with Gasteiger partial charge in [-0.15, -0.1) is 0 Å². The molecule has 0 bridgehead atoms. The molecule has 0 saturated carbocycles. The second kappa shape index (κ2) is 9.26. The summed E-state index contributed by atoms with van der Waals surface area (Å²) >= 11 is 0. The van der Waals surface area contributed by atoms with E-state index in [4.69, 9.17) is 4.74 Å². The number of rotatable bonds is 5. The van der Waals surface area contributed by atoms with Gasteiger partial charge in [0.05, 0.1) is 41.4 Å². The second-order valence-electron chi connectivity index (χ2n) is 7.80. The van der Waals surface area contributed by atoms with Gasteiger partial charge < -0.3 is 19.7 Å². The minimum Gasteiger partial charge on any atom is -0.461 e. The Bertz CT molecular complexity index is 1480. The van der Waals surface area contributed by atoms with Crippen molar-refractivity contribution in [3.63, 3.8) is 0 Å². The molecule has 0 aliphatic carbocycles. The monoisotopic (exact) mass is 470 g/mol. The van der Waals surface area contributed by atoms with Gasteiger partial charge in [0.25, 0.3) is 11.8 Å². The van der Waals surface area contributed by atoms with Crippen LogP contribution in [0.5, 0.6) is 0 Å². The Morgan fingerprint density at radius 2 is 1.77 bits per heavy atom. The van der Waals surface area contributed by atoms with Crippen molar-refractivity contribution in [2.45, 2.75) is 13.3 Å². The average Bonchev–Trinajstić information content (AvgIpc) is 3.67. The summed E-state index contributed by atoms with van der Waals surface area (Å²) in [6.45, 7) is 2.13. The van der Waals surface area contributed by atoms with Crippen molar-refractivity contribution < 1.29 is 19.1 Å². The summed E-state index contributed by atoms with van der Waals surface area (Å²) in [5, 5.41) is 0.786. The lowest BCUT2D eigenvalue weighted by Crippen LogP contribution is -2.32. The van der Waals surface area contributed by atoms with E-state index >= 15 is 0 Å². The molecule has 0 unspecified atom stereocenters. The molecule has 2 aromatic carbocycles. The van der Waals surface area contributed by atoms with Crippen molar-refractivity contribution in [3.8, 4) is 0 Å². The maximum Gasteiger partial charge on any atom is 0.355 e. The topological polar surface area (TPSA) is 137 Å². The molecule has 4 heterocycles. The molecule has 35 heavy (non-hydrogen) atoms. The number of ether oxygens (including phenoxy) is 1. The maximum atomic E-state index is 12.7. The van der Waals surface area contributed by atoms with Crippen LogP contribution in [0.1, 0.15) is 43.7 Å². The fraction of sp³-hybridized carbons (Fsp3) is 0.160. The number of carbonyl (C=O) groups excluding carboxylic acids is 3. The fourth-order valence-corrected chi connectivity index (χ4v) is 4.26. The molecule has 10 heteroatoms. The van der Waals surface area contributed by atoms with E-state index in [2.05, 4.69) is 24.9 Å². The summed E-state index contributed by atoms with van der Waals surface area (Å²) in [4.78, 5) is 56.2. The lowest BCUT2D eigenvalue weighted by molar-refractivity contribution is 0.0519. The minimum absolute atomic E-state index is 0.145. The van der Waals surface area contributed by atoms with Gasteiger partial charge in [0, 0.05) is 29.8 Å². The molecule has 0 fully saturated rings. The van der Waals surface area contributed by atoms with Gasteiger partial charge in [-0.05, 0) is 43.2 Å². The van der Waals surface area contributed by atoms with Crippen LogP contribution in [0.2, 0.25) is 0 Å². The van der Waals surface area contributed by atoms with E-state index in [9.17, 15) is 14.4 Å². The zero-order chi connectivity index (χ0) is 24.4. The number of carbonyl (C=O) groups is 3. The highest BCUT2D eigenvalue weighted by atomic mass is 16.5. The van der Waals surface area contributed by atoms with Gasteiger partial charge in [-0.3, -0.25) is 14.5 Å². The van der Waals surface area contributed by atoms with E-state index in [-0.39, 0.29) is 25.0 Å². The van der Waals surface area contributed by atoms with Gasteiger partial charge in [0.2, 0.25) is 0 Å². The van der Waals surface area contributed by atoms with Crippen molar-refractivity contribution in [3.05, 3.63) is 83.8 Å². The van der Waals surface area contributed by atoms with E-state index in [1.54, 1.807) is 56.2 Å². The van der Waals surface area contributed by atoms with Crippen LogP contribution in [0.25, 0.3) is 21.9 Å². The number of nitrogens with one attached hydrogen (secondary N) is 3. The summed E-state index contributed by atoms with van der Waals surface area (Å²) in [7, 11) is 0. The van der Waals surface area contributed by atoms with Gasteiger partial charge in [-0.25, -0.2) is 14.8 Å². The number of H-pyrrole nitrogens is 3. The molecule has 5 aromatic rings. The van der Waals surface area contributed by atoms with E-state index in [0.717, 1.165) is 21.9 Å². The highest BCUT2D eigenvalue weighted by Gasteiger charge is 2.35. The first-order valence-electron chi connectivity index (χ1n) is 11.1. The maximum absolute atomic E-state index is 12.7. The number of benzene rings is 2. The van der Waals surface area contributed by atoms with Crippen LogP contribution in [-0.2, 0) is 11.2 Å². The molecule has 6 rings (SSSR count). The number of fused-ring (bicyclic) bond motifs is 4. The standard InChI is InChI=1S/C22H18N4O4.C3H4N2/c1-2-30-22(29)18-14(17-15(25-18)7-8-16-19(17)24-11-23-16)9-10-26-20(27)12-5-3-4-6-13(12)21(26)28;1-2-5-3-4-1/h3-8,11,25H,2,9-10H2,1H3,(H,23,24);1-3H,(H,4,5). The first kappa shape index (κ1) is 22.1. The first-order chi connectivity index (χ1) is 17.1. The molecule has 1 aliphatic rings. The summed E-state index contributed by atoms with van der Waals surface area (Å²) in [5.41, 5.74) is 4.10. The molecular formula is C25H22N6O4. The van der Waals surface area contributed by atoms with Gasteiger partial charge in [-0.1, -0.05) is 12.1 Å². The lowest BCUT2D eigenvalue weighted by Gasteiger charge is -2.14. The van der Waals surface area contributed by atoms with E-state index in [1.165, 1.54) is 4.90 Å². The molecule has 3 aromatic heterocycles. The molecule has 10 nitrogen and oxygen atoms in total. The smallest absolute Gasteiger partial charge is 0.355 e. The van der Waals surface area contributed by atoms with Crippen LogP contribution in [-0.4, -0.2) is 60.8 Å².